The maximum absolute atomic E-state index is 10.3. The van der Waals surface area contributed by atoms with Crippen LogP contribution in [0.1, 0.15) is 33.1 Å². The molecule has 0 aromatic carbocycles. The predicted molar refractivity (Wildman–Crippen MR) is 80.7 cm³/mol. The average molecular weight is 296 g/mol. The molecule has 1 unspecified atom stereocenters. The van der Waals surface area contributed by atoms with E-state index in [0.29, 0.717) is 18.6 Å². The van der Waals surface area contributed by atoms with Crippen molar-refractivity contribution in [2.45, 2.75) is 39.2 Å². The van der Waals surface area contributed by atoms with Gasteiger partial charge in [-0.05, 0) is 25.5 Å². The number of methoxy groups -OCH3 is 1. The van der Waals surface area contributed by atoms with Gasteiger partial charge in [0.25, 0.3) is 0 Å². The number of hydrogen-bond donors (Lipinski definition) is 2. The Balaban J connectivity index is 0.000000486. The van der Waals surface area contributed by atoms with E-state index in [-0.39, 0.29) is 5.97 Å². The molecule has 6 heteroatoms. The number of nitrogens with two attached hydrogens (primary N) is 1. The second kappa shape index (κ2) is 11.9. The lowest BCUT2D eigenvalue weighted by Gasteiger charge is -2.10. The number of unbranched alkanes of at least 4 members (excludes halogenated alkanes) is 1. The molecule has 0 aromatic rings. The Morgan fingerprint density at radius 2 is 2.24 bits per heavy atom. The van der Waals surface area contributed by atoms with Gasteiger partial charge in [0.2, 0.25) is 0 Å². The fourth-order valence-corrected chi connectivity index (χ4v) is 1.23. The first-order chi connectivity index (χ1) is 10.0. The maximum Gasteiger partial charge on any atom is 0.322 e. The summed E-state index contributed by atoms with van der Waals surface area (Å²) in [6.45, 7) is 4.40. The van der Waals surface area contributed by atoms with E-state index in [1.54, 1.807) is 13.0 Å². The highest BCUT2D eigenvalue weighted by atomic mass is 16.6. The number of rotatable bonds is 6. The molecule has 0 spiro atoms. The molecule has 1 rings (SSSR count). The monoisotopic (exact) mass is 296 g/mol. The van der Waals surface area contributed by atoms with E-state index in [4.69, 9.17) is 10.6 Å². The third-order valence-corrected chi connectivity index (χ3v) is 2.50. The van der Waals surface area contributed by atoms with Gasteiger partial charge in [-0.25, -0.2) is 4.79 Å². The van der Waals surface area contributed by atoms with Gasteiger partial charge < -0.3 is 10.5 Å². The zero-order valence-corrected chi connectivity index (χ0v) is 12.8. The van der Waals surface area contributed by atoms with Crippen molar-refractivity contribution in [3.05, 3.63) is 29.5 Å². The SMILES string of the molecule is CCCCONC1=CCC(=C=O)C=C1.COC(=O)C(C)N. The fraction of sp³-hybridized carbons (Fsp3) is 0.533. The first kappa shape index (κ1) is 19.1. The number of nitrogens with one attached hydrogen (secondary N) is 1. The molecule has 6 nitrogen and oxygen atoms in total. The van der Waals surface area contributed by atoms with Crippen LogP contribution in [0, 0.1) is 0 Å². The average Bonchev–Trinajstić information content (AvgIpc) is 2.52. The van der Waals surface area contributed by atoms with Crippen LogP contribution in [0.15, 0.2) is 29.5 Å². The lowest BCUT2D eigenvalue weighted by Crippen LogP contribution is -2.27. The van der Waals surface area contributed by atoms with Crippen LogP contribution in [0.4, 0.5) is 0 Å². The first-order valence-corrected chi connectivity index (χ1v) is 6.88. The van der Waals surface area contributed by atoms with Crippen molar-refractivity contribution in [3.63, 3.8) is 0 Å². The number of allylic oxidation sites excluding steroid dienone is 4. The van der Waals surface area contributed by atoms with Gasteiger partial charge >= 0.3 is 5.97 Å². The van der Waals surface area contributed by atoms with Crippen LogP contribution in [0.5, 0.6) is 0 Å². The third kappa shape index (κ3) is 9.62. The van der Waals surface area contributed by atoms with Crippen LogP contribution in [-0.4, -0.2) is 31.7 Å². The van der Waals surface area contributed by atoms with Crippen LogP contribution < -0.4 is 11.2 Å². The van der Waals surface area contributed by atoms with E-state index >= 15 is 0 Å². The van der Waals surface area contributed by atoms with E-state index in [2.05, 4.69) is 17.1 Å². The molecule has 1 aliphatic rings. The second-order valence-corrected chi connectivity index (χ2v) is 4.44. The summed E-state index contributed by atoms with van der Waals surface area (Å²) in [6.07, 6.45) is 8.26. The van der Waals surface area contributed by atoms with Crippen molar-refractivity contribution in [2.75, 3.05) is 13.7 Å². The van der Waals surface area contributed by atoms with Gasteiger partial charge in [-0.1, -0.05) is 19.4 Å². The normalized spacial score (nSPS) is 14.3. The largest absolute Gasteiger partial charge is 0.468 e. The summed E-state index contributed by atoms with van der Waals surface area (Å²) < 4.78 is 4.25. The molecule has 21 heavy (non-hydrogen) atoms. The molecule has 0 heterocycles. The Morgan fingerprint density at radius 1 is 1.52 bits per heavy atom. The van der Waals surface area contributed by atoms with Gasteiger partial charge in [0, 0.05) is 12.0 Å². The molecule has 1 aliphatic carbocycles. The first-order valence-electron chi connectivity index (χ1n) is 6.88. The highest BCUT2D eigenvalue weighted by Gasteiger charge is 2.03. The van der Waals surface area contributed by atoms with E-state index < -0.39 is 6.04 Å². The van der Waals surface area contributed by atoms with E-state index in [9.17, 15) is 9.59 Å². The van der Waals surface area contributed by atoms with Gasteiger partial charge in [0.1, 0.15) is 12.0 Å². The molecule has 0 bridgehead atoms. The minimum Gasteiger partial charge on any atom is -0.468 e. The number of esters is 1. The number of carbonyl (C=O) groups excluding carboxylic acids is 2. The van der Waals surface area contributed by atoms with Crippen LogP contribution in [0.25, 0.3) is 0 Å². The van der Waals surface area contributed by atoms with Gasteiger partial charge in [0.15, 0.2) is 0 Å². The standard InChI is InChI=1S/C11H15NO2.C4H9NO2/c1-2-3-8-14-12-11-6-4-10(9-13)5-7-11;1-3(5)4(6)7-2/h4,6-7,12H,2-3,5,8H2,1H3;3H,5H2,1-2H3. The Hall–Kier alpha value is -1.88. The van der Waals surface area contributed by atoms with E-state index in [0.717, 1.165) is 18.5 Å². The minimum atomic E-state index is -0.495. The summed E-state index contributed by atoms with van der Waals surface area (Å²) in [5.74, 6) is 1.49. The summed E-state index contributed by atoms with van der Waals surface area (Å²) in [5.41, 5.74) is 9.48. The molecular formula is C15H24N2O4. The third-order valence-electron chi connectivity index (χ3n) is 2.50. The van der Waals surface area contributed by atoms with Crippen molar-refractivity contribution in [1.82, 2.24) is 5.48 Å². The van der Waals surface area contributed by atoms with E-state index in [1.165, 1.54) is 7.11 Å². The van der Waals surface area contributed by atoms with Gasteiger partial charge in [-0.3, -0.25) is 15.1 Å². The van der Waals surface area contributed by atoms with Gasteiger partial charge in [0.05, 0.1) is 19.4 Å². The van der Waals surface area contributed by atoms with E-state index in [1.807, 2.05) is 18.1 Å². The van der Waals surface area contributed by atoms with Crippen molar-refractivity contribution >= 4 is 11.9 Å². The molecule has 0 saturated carbocycles. The minimum absolute atomic E-state index is 0.375. The van der Waals surface area contributed by atoms with Crippen LogP contribution in [0.2, 0.25) is 0 Å². The topological polar surface area (TPSA) is 90.6 Å². The Kier molecular flexibility index (Phi) is 10.8. The summed E-state index contributed by atoms with van der Waals surface area (Å²) >= 11 is 0. The number of hydrogen-bond acceptors (Lipinski definition) is 6. The quantitative estimate of drug-likeness (QED) is 0.333. The van der Waals surface area contributed by atoms with Crippen molar-refractivity contribution in [3.8, 4) is 0 Å². The van der Waals surface area contributed by atoms with Crippen molar-refractivity contribution < 1.29 is 19.2 Å². The van der Waals surface area contributed by atoms with Gasteiger partial charge in [-0.15, -0.1) is 0 Å². The highest BCUT2D eigenvalue weighted by molar-refractivity contribution is 5.74. The molecule has 0 radical (unpaired) electrons. The molecule has 1 atom stereocenters. The molecule has 118 valence electrons. The number of carbonyl (C=O) groups is 1. The van der Waals surface area contributed by atoms with Crippen LogP contribution in [0.3, 0.4) is 0 Å². The summed E-state index contributed by atoms with van der Waals surface area (Å²) in [5, 5.41) is 0. The molecular weight excluding hydrogens is 272 g/mol. The molecule has 0 saturated heterocycles. The maximum atomic E-state index is 10.3. The second-order valence-electron chi connectivity index (χ2n) is 4.44. The summed E-state index contributed by atoms with van der Waals surface area (Å²) in [7, 11) is 1.31. The van der Waals surface area contributed by atoms with Crippen molar-refractivity contribution in [2.24, 2.45) is 5.73 Å². The lowest BCUT2D eigenvalue weighted by atomic mass is 10.1. The summed E-state index contributed by atoms with van der Waals surface area (Å²) in [6, 6.07) is -0.495. The van der Waals surface area contributed by atoms with Crippen LogP contribution in [-0.2, 0) is 19.2 Å². The molecule has 0 fully saturated rings. The van der Waals surface area contributed by atoms with Crippen molar-refractivity contribution in [1.29, 1.82) is 0 Å². The summed E-state index contributed by atoms with van der Waals surface area (Å²) in [4.78, 5) is 25.6. The van der Waals surface area contributed by atoms with Gasteiger partial charge in [-0.2, -0.15) is 0 Å². The molecule has 0 aromatic heterocycles. The zero-order chi connectivity index (χ0) is 16.1. The molecule has 3 N–H and O–H groups in total. The number of hydroxylamine groups is 1. The predicted octanol–water partition coefficient (Wildman–Crippen LogP) is 1.42. The van der Waals surface area contributed by atoms with Crippen LogP contribution >= 0.6 is 0 Å². The Labute approximate surface area is 125 Å². The molecule has 0 amide bonds. The smallest absolute Gasteiger partial charge is 0.322 e. The zero-order valence-electron chi connectivity index (χ0n) is 12.8. The fourth-order valence-electron chi connectivity index (χ4n) is 1.23. The molecule has 0 aliphatic heterocycles. The lowest BCUT2D eigenvalue weighted by molar-refractivity contribution is -0.141. The number of ether oxygens (including phenoxy) is 1. The Bertz CT molecular complexity index is 421. The highest BCUT2D eigenvalue weighted by Crippen LogP contribution is 2.10. The Morgan fingerprint density at radius 3 is 2.62 bits per heavy atom.